The molecule has 0 aliphatic carbocycles. The van der Waals surface area contributed by atoms with E-state index in [9.17, 15) is 0 Å². The number of aromatic nitrogens is 4. The molecule has 6 nitrogen and oxygen atoms in total. The highest BCUT2D eigenvalue weighted by molar-refractivity contribution is 5.91. The summed E-state index contributed by atoms with van der Waals surface area (Å²) in [6.07, 6.45) is 10.5. The quantitative estimate of drug-likeness (QED) is 0.580. The fourth-order valence-electron chi connectivity index (χ4n) is 2.48. The lowest BCUT2D eigenvalue weighted by molar-refractivity contribution is 0.412. The largest absolute Gasteiger partial charge is 0.364 e. The zero-order valence-corrected chi connectivity index (χ0v) is 13.2. The van der Waals surface area contributed by atoms with Gasteiger partial charge in [0.15, 0.2) is 5.82 Å². The molecule has 0 fully saturated rings. The van der Waals surface area contributed by atoms with Crippen molar-refractivity contribution in [2.45, 2.75) is 6.54 Å². The van der Waals surface area contributed by atoms with Crippen molar-refractivity contribution in [2.24, 2.45) is 0 Å². The fraction of sp³-hybridized carbons (Fsp3) is 0.0526. The number of anilines is 1. The number of rotatable bonds is 4. The van der Waals surface area contributed by atoms with Crippen LogP contribution in [0.2, 0.25) is 0 Å². The van der Waals surface area contributed by atoms with Gasteiger partial charge in [0, 0.05) is 35.0 Å². The topological polar surface area (TPSA) is 76.7 Å². The Hall–Kier alpha value is -3.72. The molecule has 0 atom stereocenters. The van der Waals surface area contributed by atoms with Gasteiger partial charge in [0.05, 0.1) is 12.1 Å². The van der Waals surface area contributed by atoms with Crippen LogP contribution in [0.25, 0.3) is 22.3 Å². The summed E-state index contributed by atoms with van der Waals surface area (Å²) >= 11 is 0. The van der Waals surface area contributed by atoms with Crippen LogP contribution in [0, 0.1) is 12.3 Å². The van der Waals surface area contributed by atoms with Crippen molar-refractivity contribution in [3.8, 4) is 23.7 Å². The Balaban J connectivity index is 1.82. The molecule has 0 unspecified atom stereocenters. The predicted molar refractivity (Wildman–Crippen MR) is 94.5 cm³/mol. The number of terminal acetylenes is 1. The highest BCUT2D eigenvalue weighted by Gasteiger charge is 2.11. The lowest BCUT2D eigenvalue weighted by atomic mass is 10.1. The third kappa shape index (κ3) is 3.03. The maximum Gasteiger partial charge on any atom is 0.163 e. The third-order valence-corrected chi connectivity index (χ3v) is 3.71. The first-order valence-electron chi connectivity index (χ1n) is 7.65. The van der Waals surface area contributed by atoms with Gasteiger partial charge in [-0.2, -0.15) is 0 Å². The van der Waals surface area contributed by atoms with Gasteiger partial charge in [-0.3, -0.25) is 4.98 Å². The second-order valence-corrected chi connectivity index (χ2v) is 5.36. The van der Waals surface area contributed by atoms with Crippen molar-refractivity contribution in [3.63, 3.8) is 0 Å². The minimum atomic E-state index is 0.482. The molecule has 0 spiro atoms. The molecule has 0 saturated heterocycles. The smallest absolute Gasteiger partial charge is 0.163 e. The molecule has 0 aliphatic rings. The number of pyridine rings is 1. The molecular weight excluding hydrogens is 314 g/mol. The molecule has 0 bridgehead atoms. The molecule has 1 aromatic carbocycles. The van der Waals surface area contributed by atoms with Crippen molar-refractivity contribution < 1.29 is 4.52 Å². The number of hydrogen-bond donors (Lipinski definition) is 1. The molecule has 25 heavy (non-hydrogen) atoms. The molecule has 0 aliphatic heterocycles. The van der Waals surface area contributed by atoms with E-state index in [0.717, 1.165) is 27.7 Å². The second kappa shape index (κ2) is 6.42. The van der Waals surface area contributed by atoms with Gasteiger partial charge in [-0.15, -0.1) is 6.42 Å². The Morgan fingerprint density at radius 2 is 2.12 bits per heavy atom. The van der Waals surface area contributed by atoms with Gasteiger partial charge in [-0.1, -0.05) is 11.1 Å². The van der Waals surface area contributed by atoms with E-state index in [-0.39, 0.29) is 0 Å². The second-order valence-electron chi connectivity index (χ2n) is 5.36. The Bertz CT molecular complexity index is 1050. The summed E-state index contributed by atoms with van der Waals surface area (Å²) in [4.78, 5) is 13.4. The number of fused-ring (bicyclic) bond motifs is 1. The molecule has 120 valence electrons. The highest BCUT2D eigenvalue weighted by atomic mass is 16.5. The fourth-order valence-corrected chi connectivity index (χ4v) is 2.48. The van der Waals surface area contributed by atoms with E-state index in [1.54, 1.807) is 18.5 Å². The van der Waals surface area contributed by atoms with E-state index in [4.69, 9.17) is 10.9 Å². The van der Waals surface area contributed by atoms with Crippen molar-refractivity contribution in [2.75, 3.05) is 5.32 Å². The lowest BCUT2D eigenvalue weighted by Crippen LogP contribution is -2.04. The summed E-state index contributed by atoms with van der Waals surface area (Å²) < 4.78 is 4.86. The van der Waals surface area contributed by atoms with E-state index in [0.29, 0.717) is 18.2 Å². The first-order chi connectivity index (χ1) is 12.3. The molecule has 4 aromatic rings. The third-order valence-electron chi connectivity index (χ3n) is 3.71. The van der Waals surface area contributed by atoms with Crippen LogP contribution < -0.4 is 5.32 Å². The molecule has 0 radical (unpaired) electrons. The minimum absolute atomic E-state index is 0.482. The molecule has 6 heteroatoms. The van der Waals surface area contributed by atoms with E-state index >= 15 is 0 Å². The summed E-state index contributed by atoms with van der Waals surface area (Å²) in [5.41, 5.74) is 3.20. The van der Waals surface area contributed by atoms with Crippen molar-refractivity contribution in [1.82, 2.24) is 20.1 Å². The van der Waals surface area contributed by atoms with E-state index in [1.807, 2.05) is 30.3 Å². The SMILES string of the molecule is C#Cc1ccc2nc(-c3cccnc3)nc(NCc3ccon3)c2c1. The summed E-state index contributed by atoms with van der Waals surface area (Å²) in [6, 6.07) is 11.2. The lowest BCUT2D eigenvalue weighted by Gasteiger charge is -2.10. The first kappa shape index (κ1) is 14.8. The Morgan fingerprint density at radius 1 is 1.16 bits per heavy atom. The summed E-state index contributed by atoms with van der Waals surface area (Å²) in [5, 5.41) is 8.04. The normalized spacial score (nSPS) is 10.5. The van der Waals surface area contributed by atoms with Crippen LogP contribution in [-0.4, -0.2) is 20.1 Å². The van der Waals surface area contributed by atoms with Crippen LogP contribution in [0.3, 0.4) is 0 Å². The van der Waals surface area contributed by atoms with E-state index in [1.165, 1.54) is 6.26 Å². The maximum atomic E-state index is 5.52. The minimum Gasteiger partial charge on any atom is -0.364 e. The van der Waals surface area contributed by atoms with Crippen LogP contribution in [0.1, 0.15) is 11.3 Å². The van der Waals surface area contributed by atoms with Gasteiger partial charge in [0.25, 0.3) is 0 Å². The number of benzene rings is 1. The van der Waals surface area contributed by atoms with Gasteiger partial charge in [-0.25, -0.2) is 9.97 Å². The average Bonchev–Trinajstić information content (AvgIpc) is 3.20. The molecule has 0 saturated carbocycles. The Morgan fingerprint density at radius 3 is 2.88 bits per heavy atom. The van der Waals surface area contributed by atoms with Crippen LogP contribution in [0.4, 0.5) is 5.82 Å². The van der Waals surface area contributed by atoms with Crippen LogP contribution >= 0.6 is 0 Å². The van der Waals surface area contributed by atoms with Gasteiger partial charge in [-0.05, 0) is 30.3 Å². The molecule has 3 heterocycles. The van der Waals surface area contributed by atoms with Crippen LogP contribution in [0.5, 0.6) is 0 Å². The Labute approximate surface area is 143 Å². The summed E-state index contributed by atoms with van der Waals surface area (Å²) in [6.45, 7) is 0.482. The first-order valence-corrected chi connectivity index (χ1v) is 7.65. The summed E-state index contributed by atoms with van der Waals surface area (Å²) in [7, 11) is 0. The van der Waals surface area contributed by atoms with Gasteiger partial charge >= 0.3 is 0 Å². The Kier molecular flexibility index (Phi) is 3.81. The predicted octanol–water partition coefficient (Wildman–Crippen LogP) is 3.27. The molecule has 0 amide bonds. The number of hydrogen-bond acceptors (Lipinski definition) is 6. The van der Waals surface area contributed by atoms with Gasteiger partial charge in [0.2, 0.25) is 0 Å². The molecule has 3 aromatic heterocycles. The average molecular weight is 327 g/mol. The molecule has 4 rings (SSSR count). The zero-order valence-electron chi connectivity index (χ0n) is 13.2. The van der Waals surface area contributed by atoms with E-state index < -0.39 is 0 Å². The van der Waals surface area contributed by atoms with Crippen molar-refractivity contribution in [1.29, 1.82) is 0 Å². The maximum absolute atomic E-state index is 5.52. The van der Waals surface area contributed by atoms with Crippen LogP contribution in [-0.2, 0) is 6.54 Å². The van der Waals surface area contributed by atoms with Gasteiger partial charge < -0.3 is 9.84 Å². The van der Waals surface area contributed by atoms with Crippen molar-refractivity contribution in [3.05, 3.63) is 66.3 Å². The van der Waals surface area contributed by atoms with E-state index in [2.05, 4.69) is 31.3 Å². The summed E-state index contributed by atoms with van der Waals surface area (Å²) in [5.74, 6) is 3.92. The zero-order chi connectivity index (χ0) is 17.1. The highest BCUT2D eigenvalue weighted by Crippen LogP contribution is 2.26. The molecular formula is C19H13N5O. The standard InChI is InChI=1S/C19H13N5O/c1-2-13-5-6-17-16(10-13)19(21-12-15-7-9-25-24-15)23-18(22-17)14-4-3-8-20-11-14/h1,3-11H,12H2,(H,21,22,23). The van der Waals surface area contributed by atoms with Gasteiger partial charge in [0.1, 0.15) is 17.8 Å². The van der Waals surface area contributed by atoms with Crippen LogP contribution in [0.15, 0.2) is 59.6 Å². The van der Waals surface area contributed by atoms with Crippen molar-refractivity contribution >= 4 is 16.7 Å². The molecule has 1 N–H and O–H groups in total. The number of nitrogens with zero attached hydrogens (tertiary/aromatic N) is 4. The number of nitrogens with one attached hydrogen (secondary N) is 1. The monoisotopic (exact) mass is 327 g/mol.